The van der Waals surface area contributed by atoms with Gasteiger partial charge in [0, 0.05) is 24.8 Å². The second-order valence-electron chi connectivity index (χ2n) is 3.29. The third-order valence-corrected chi connectivity index (χ3v) is 3.48. The monoisotopic (exact) mass is 372 g/mol. The van der Waals surface area contributed by atoms with Crippen molar-refractivity contribution in [3.8, 4) is 0 Å². The SMILES string of the molecule is O=S(=O)([O-])c1cccnc1.O=S(=O)([O-])c1cccnc1.[Fe+2]. The molecule has 0 atom stereocenters. The van der Waals surface area contributed by atoms with Gasteiger partial charge in [-0.3, -0.25) is 9.97 Å². The van der Waals surface area contributed by atoms with Gasteiger partial charge in [0.05, 0.1) is 9.79 Å². The Kier molecular flexibility index (Phi) is 7.64. The molecule has 0 amide bonds. The maximum Gasteiger partial charge on any atom is 2.00 e. The van der Waals surface area contributed by atoms with Crippen LogP contribution in [0, 0.1) is 0 Å². The number of rotatable bonds is 2. The molecule has 114 valence electrons. The minimum Gasteiger partial charge on any atom is -0.744 e. The maximum atomic E-state index is 10.2. The van der Waals surface area contributed by atoms with Crippen molar-refractivity contribution < 1.29 is 43.0 Å². The summed E-state index contributed by atoms with van der Waals surface area (Å²) < 4.78 is 61.4. The number of hydrogen-bond acceptors (Lipinski definition) is 8. The molecule has 0 unspecified atom stereocenters. The van der Waals surface area contributed by atoms with Crippen LogP contribution in [0.15, 0.2) is 58.8 Å². The molecule has 0 N–H and O–H groups in total. The molecule has 0 aliphatic rings. The molecule has 0 saturated carbocycles. The van der Waals surface area contributed by atoms with Gasteiger partial charge < -0.3 is 9.11 Å². The molecule has 0 aromatic carbocycles. The largest absolute Gasteiger partial charge is 2.00 e. The zero-order chi connectivity index (χ0) is 15.2. The van der Waals surface area contributed by atoms with Crippen molar-refractivity contribution >= 4 is 20.2 Å². The second kappa shape index (κ2) is 8.17. The van der Waals surface area contributed by atoms with Crippen LogP contribution in [0.2, 0.25) is 0 Å². The Bertz CT molecular complexity index is 683. The molecular formula is C10H8FeN2O6S2. The first-order valence-corrected chi connectivity index (χ1v) is 7.75. The zero-order valence-electron chi connectivity index (χ0n) is 10.1. The third kappa shape index (κ3) is 7.27. The molecule has 2 aromatic rings. The average molecular weight is 372 g/mol. The van der Waals surface area contributed by atoms with E-state index in [4.69, 9.17) is 0 Å². The predicted molar refractivity (Wildman–Crippen MR) is 64.4 cm³/mol. The molecule has 8 nitrogen and oxygen atoms in total. The van der Waals surface area contributed by atoms with Crippen LogP contribution in [0.1, 0.15) is 0 Å². The number of hydrogen-bond donors (Lipinski definition) is 0. The van der Waals surface area contributed by atoms with Gasteiger partial charge in [0.15, 0.2) is 0 Å². The van der Waals surface area contributed by atoms with E-state index in [0.717, 1.165) is 12.4 Å². The summed E-state index contributed by atoms with van der Waals surface area (Å²) in [5.41, 5.74) is 0. The average Bonchev–Trinajstić information content (AvgIpc) is 2.40. The molecule has 0 aliphatic carbocycles. The van der Waals surface area contributed by atoms with Gasteiger partial charge >= 0.3 is 17.1 Å². The van der Waals surface area contributed by atoms with E-state index in [9.17, 15) is 25.9 Å². The van der Waals surface area contributed by atoms with Crippen LogP contribution in [0.25, 0.3) is 0 Å². The van der Waals surface area contributed by atoms with Gasteiger partial charge in [-0.05, 0) is 24.3 Å². The fourth-order valence-corrected chi connectivity index (χ4v) is 1.86. The minimum absolute atomic E-state index is 0. The molecule has 2 rings (SSSR count). The van der Waals surface area contributed by atoms with E-state index in [-0.39, 0.29) is 26.9 Å². The topological polar surface area (TPSA) is 140 Å². The van der Waals surface area contributed by atoms with Crippen molar-refractivity contribution in [2.24, 2.45) is 0 Å². The van der Waals surface area contributed by atoms with Crippen LogP contribution >= 0.6 is 0 Å². The number of nitrogens with zero attached hydrogens (tertiary/aromatic N) is 2. The van der Waals surface area contributed by atoms with Crippen LogP contribution < -0.4 is 0 Å². The van der Waals surface area contributed by atoms with Crippen LogP contribution in [0.5, 0.6) is 0 Å². The molecule has 21 heavy (non-hydrogen) atoms. The van der Waals surface area contributed by atoms with Crippen molar-refractivity contribution in [3.63, 3.8) is 0 Å². The molecule has 0 radical (unpaired) electrons. The van der Waals surface area contributed by atoms with E-state index in [2.05, 4.69) is 9.97 Å². The van der Waals surface area contributed by atoms with Gasteiger partial charge in [0.1, 0.15) is 20.2 Å². The van der Waals surface area contributed by atoms with Gasteiger partial charge in [0.2, 0.25) is 0 Å². The van der Waals surface area contributed by atoms with Crippen molar-refractivity contribution in [1.82, 2.24) is 9.97 Å². The first-order chi connectivity index (χ1) is 9.21. The molecule has 0 saturated heterocycles. The molecule has 0 spiro atoms. The van der Waals surface area contributed by atoms with E-state index >= 15 is 0 Å². The molecule has 2 heterocycles. The molecule has 0 aliphatic heterocycles. The fraction of sp³-hybridized carbons (Fsp3) is 0. The number of pyridine rings is 2. The standard InChI is InChI=1S/2C5H5NO3S.Fe/c2*7-10(8,9)5-2-1-3-6-4-5;/h2*1-4H,(H,7,8,9);/q;;+2/p-2. The van der Waals surface area contributed by atoms with Crippen molar-refractivity contribution in [1.29, 1.82) is 0 Å². The van der Waals surface area contributed by atoms with E-state index in [1.165, 1.54) is 36.7 Å². The van der Waals surface area contributed by atoms with Crippen LogP contribution in [0.3, 0.4) is 0 Å². The Morgan fingerprint density at radius 3 is 1.24 bits per heavy atom. The first-order valence-electron chi connectivity index (χ1n) is 4.93. The second-order valence-corrected chi connectivity index (χ2v) is 6.05. The Balaban J connectivity index is 0.000000364. The van der Waals surface area contributed by atoms with E-state index in [0.29, 0.717) is 0 Å². The summed E-state index contributed by atoms with van der Waals surface area (Å²) in [6.45, 7) is 0. The fourth-order valence-electron chi connectivity index (χ4n) is 0.990. The van der Waals surface area contributed by atoms with E-state index < -0.39 is 20.2 Å². The molecule has 11 heteroatoms. The molecule has 2 aromatic heterocycles. The quantitative estimate of drug-likeness (QED) is 0.529. The summed E-state index contributed by atoms with van der Waals surface area (Å²) in [6.07, 6.45) is 4.83. The Hall–Kier alpha value is -1.36. The Morgan fingerprint density at radius 2 is 1.10 bits per heavy atom. The van der Waals surface area contributed by atoms with E-state index in [1.54, 1.807) is 0 Å². The normalized spacial score (nSPS) is 10.8. The molecular weight excluding hydrogens is 364 g/mol. The third-order valence-electron chi connectivity index (χ3n) is 1.85. The summed E-state index contributed by atoms with van der Waals surface area (Å²) >= 11 is 0. The Labute approximate surface area is 132 Å². The van der Waals surface area contributed by atoms with Crippen molar-refractivity contribution in [3.05, 3.63) is 49.1 Å². The summed E-state index contributed by atoms with van der Waals surface area (Å²) in [5, 5.41) is 0. The van der Waals surface area contributed by atoms with Gasteiger partial charge in [-0.15, -0.1) is 0 Å². The summed E-state index contributed by atoms with van der Waals surface area (Å²) in [6, 6.07) is 5.19. The first kappa shape index (κ1) is 19.6. The Morgan fingerprint density at radius 1 is 0.762 bits per heavy atom. The van der Waals surface area contributed by atoms with E-state index in [1.807, 2.05) is 0 Å². The van der Waals surface area contributed by atoms with Crippen molar-refractivity contribution in [2.45, 2.75) is 9.79 Å². The van der Waals surface area contributed by atoms with Crippen LogP contribution in [-0.4, -0.2) is 35.9 Å². The number of aromatic nitrogens is 2. The summed E-state index contributed by atoms with van der Waals surface area (Å²) in [5.74, 6) is 0. The predicted octanol–water partition coefficient (Wildman–Crippen LogP) is -0.0311. The van der Waals surface area contributed by atoms with Gasteiger partial charge in [-0.1, -0.05) is 0 Å². The smallest absolute Gasteiger partial charge is 0.744 e. The van der Waals surface area contributed by atoms with Crippen LogP contribution in [-0.2, 0) is 37.3 Å². The summed E-state index contributed by atoms with van der Waals surface area (Å²) in [4.78, 5) is 6.35. The minimum atomic E-state index is -4.32. The summed E-state index contributed by atoms with van der Waals surface area (Å²) in [7, 11) is -8.63. The molecule has 0 bridgehead atoms. The molecule has 0 fully saturated rings. The maximum absolute atomic E-state index is 10.2. The van der Waals surface area contributed by atoms with Crippen LogP contribution in [0.4, 0.5) is 0 Å². The van der Waals surface area contributed by atoms with Crippen molar-refractivity contribution in [2.75, 3.05) is 0 Å². The van der Waals surface area contributed by atoms with Gasteiger partial charge in [-0.25, -0.2) is 16.8 Å². The van der Waals surface area contributed by atoms with Gasteiger partial charge in [-0.2, -0.15) is 0 Å². The van der Waals surface area contributed by atoms with Gasteiger partial charge in [0.25, 0.3) is 0 Å². The zero-order valence-corrected chi connectivity index (χ0v) is 12.9.